The minimum absolute atomic E-state index is 0.146. The second-order valence-electron chi connectivity index (χ2n) is 9.23. The summed E-state index contributed by atoms with van der Waals surface area (Å²) < 4.78 is 35.8. The van der Waals surface area contributed by atoms with Gasteiger partial charge < -0.3 is 15.8 Å². The van der Waals surface area contributed by atoms with Crippen LogP contribution in [0.1, 0.15) is 72.8 Å². The number of hydrogen-bond donors (Lipinski definition) is 2. The second-order valence-corrected chi connectivity index (χ2v) is 9.23. The smallest absolute Gasteiger partial charge is 0.270 e. The number of halogens is 2. The van der Waals surface area contributed by atoms with Crippen LogP contribution in [0.2, 0.25) is 0 Å². The Kier molecular flexibility index (Phi) is 6.38. The summed E-state index contributed by atoms with van der Waals surface area (Å²) >= 11 is 0. The molecule has 1 saturated carbocycles. The van der Waals surface area contributed by atoms with Gasteiger partial charge in [-0.1, -0.05) is 19.4 Å². The van der Waals surface area contributed by atoms with Crippen LogP contribution < -0.4 is 15.8 Å². The lowest BCUT2D eigenvalue weighted by molar-refractivity contribution is 0.0937. The lowest BCUT2D eigenvalue weighted by Crippen LogP contribution is -2.47. The molecule has 3 aromatic rings. The first-order valence-electron chi connectivity index (χ1n) is 11.4. The molecular formula is C25H30F2N4O2. The molecule has 1 atom stereocenters. The molecule has 1 aliphatic carbocycles. The number of hydrogen-bond acceptors (Lipinski definition) is 4. The zero-order valence-electron chi connectivity index (χ0n) is 19.3. The van der Waals surface area contributed by atoms with E-state index in [1.165, 1.54) is 18.2 Å². The van der Waals surface area contributed by atoms with Crippen molar-refractivity contribution in [3.63, 3.8) is 0 Å². The molecule has 0 radical (unpaired) electrons. The summed E-state index contributed by atoms with van der Waals surface area (Å²) in [5.41, 5.74) is 8.01. The topological polar surface area (TPSA) is 81.6 Å². The number of nitrogens with two attached hydrogens (primary N) is 1. The van der Waals surface area contributed by atoms with Crippen LogP contribution >= 0.6 is 0 Å². The normalized spacial score (nSPS) is 15.5. The third-order valence-corrected chi connectivity index (χ3v) is 6.05. The molecule has 1 unspecified atom stereocenters. The fourth-order valence-electron chi connectivity index (χ4n) is 4.11. The third-order valence-electron chi connectivity index (χ3n) is 6.05. The van der Waals surface area contributed by atoms with E-state index in [0.717, 1.165) is 31.2 Å². The van der Waals surface area contributed by atoms with E-state index < -0.39 is 17.2 Å². The Labute approximate surface area is 192 Å². The van der Waals surface area contributed by atoms with Crippen molar-refractivity contribution in [1.29, 1.82) is 0 Å². The first-order valence-corrected chi connectivity index (χ1v) is 11.4. The number of pyridine rings is 1. The number of nitrogens with one attached hydrogen (secondary N) is 1. The highest BCUT2D eigenvalue weighted by atomic mass is 19.1. The Morgan fingerprint density at radius 2 is 2.03 bits per heavy atom. The number of nitrogens with zero attached hydrogens (tertiary/aromatic N) is 2. The Morgan fingerprint density at radius 1 is 1.33 bits per heavy atom. The molecule has 6 nitrogen and oxygen atoms in total. The van der Waals surface area contributed by atoms with Crippen LogP contribution in [0, 0.1) is 18.6 Å². The van der Waals surface area contributed by atoms with Crippen molar-refractivity contribution in [2.75, 3.05) is 6.54 Å². The van der Waals surface area contributed by atoms with Crippen LogP contribution in [0.4, 0.5) is 8.78 Å². The highest BCUT2D eigenvalue weighted by Gasteiger charge is 2.28. The molecule has 4 rings (SSSR count). The Balaban J connectivity index is 1.67. The molecule has 0 spiro atoms. The molecule has 0 saturated heterocycles. The zero-order chi connectivity index (χ0) is 23.8. The number of imidazole rings is 1. The second kappa shape index (κ2) is 9.09. The van der Waals surface area contributed by atoms with E-state index in [1.54, 1.807) is 11.3 Å². The van der Waals surface area contributed by atoms with Crippen molar-refractivity contribution in [3.05, 3.63) is 64.6 Å². The molecule has 0 bridgehead atoms. The van der Waals surface area contributed by atoms with Crippen LogP contribution in [-0.4, -0.2) is 27.4 Å². The average Bonchev–Trinajstić information content (AvgIpc) is 3.54. The summed E-state index contributed by atoms with van der Waals surface area (Å²) in [4.78, 5) is 17.7. The maximum atomic E-state index is 14.1. The molecule has 1 aromatic carbocycles. The summed E-state index contributed by atoms with van der Waals surface area (Å²) in [6, 6.07) is 5.57. The maximum Gasteiger partial charge on any atom is 0.270 e. The van der Waals surface area contributed by atoms with Gasteiger partial charge in [0.15, 0.2) is 11.4 Å². The first kappa shape index (κ1) is 23.2. The number of benzene rings is 1. The van der Waals surface area contributed by atoms with Crippen molar-refractivity contribution in [2.45, 2.75) is 64.5 Å². The molecule has 0 aliphatic heterocycles. The van der Waals surface area contributed by atoms with Gasteiger partial charge in [0.05, 0.1) is 11.3 Å². The van der Waals surface area contributed by atoms with Crippen molar-refractivity contribution >= 4 is 11.6 Å². The van der Waals surface area contributed by atoms with E-state index in [4.69, 9.17) is 10.5 Å². The molecular weight excluding hydrogens is 426 g/mol. The Morgan fingerprint density at radius 3 is 2.67 bits per heavy atom. The minimum Gasteiger partial charge on any atom is -0.485 e. The molecule has 2 aromatic heterocycles. The highest BCUT2D eigenvalue weighted by Crippen LogP contribution is 2.42. The molecule has 8 heteroatoms. The lowest BCUT2D eigenvalue weighted by Gasteiger charge is -2.24. The fraction of sp³-hybridized carbons (Fsp3) is 0.440. The van der Waals surface area contributed by atoms with E-state index in [2.05, 4.69) is 17.2 Å². The van der Waals surface area contributed by atoms with Crippen molar-refractivity contribution < 1.29 is 18.3 Å². The summed E-state index contributed by atoms with van der Waals surface area (Å²) in [5, 5.41) is 2.93. The largest absolute Gasteiger partial charge is 0.485 e. The quantitative estimate of drug-likeness (QED) is 0.492. The predicted octanol–water partition coefficient (Wildman–Crippen LogP) is 4.62. The first-order chi connectivity index (χ1) is 15.7. The van der Waals surface area contributed by atoms with E-state index in [-0.39, 0.29) is 18.1 Å². The van der Waals surface area contributed by atoms with Gasteiger partial charge in [0.25, 0.3) is 5.91 Å². The third kappa shape index (κ3) is 5.00. The monoisotopic (exact) mass is 456 g/mol. The van der Waals surface area contributed by atoms with Crippen LogP contribution in [0.15, 0.2) is 30.5 Å². The lowest BCUT2D eigenvalue weighted by atomic mass is 9.97. The summed E-state index contributed by atoms with van der Waals surface area (Å²) in [6.45, 7) is 5.78. The average molecular weight is 457 g/mol. The summed E-state index contributed by atoms with van der Waals surface area (Å²) in [6.07, 6.45) is 5.71. The van der Waals surface area contributed by atoms with Crippen LogP contribution in [-0.2, 0) is 6.61 Å². The van der Waals surface area contributed by atoms with E-state index in [1.807, 2.05) is 19.2 Å². The van der Waals surface area contributed by atoms with Gasteiger partial charge in [-0.25, -0.2) is 13.8 Å². The molecule has 1 aliphatic rings. The van der Waals surface area contributed by atoms with Crippen molar-refractivity contribution in [1.82, 2.24) is 14.7 Å². The highest BCUT2D eigenvalue weighted by molar-refractivity contribution is 5.95. The number of amides is 1. The Hall–Kier alpha value is -3.00. The molecule has 33 heavy (non-hydrogen) atoms. The van der Waals surface area contributed by atoms with Gasteiger partial charge in [-0.15, -0.1) is 0 Å². The Bertz CT molecular complexity index is 1160. The maximum absolute atomic E-state index is 14.1. The molecule has 176 valence electrons. The van der Waals surface area contributed by atoms with Gasteiger partial charge in [-0.2, -0.15) is 0 Å². The fourth-order valence-corrected chi connectivity index (χ4v) is 4.11. The molecule has 1 amide bonds. The van der Waals surface area contributed by atoms with Gasteiger partial charge >= 0.3 is 0 Å². The zero-order valence-corrected chi connectivity index (χ0v) is 19.3. The van der Waals surface area contributed by atoms with Gasteiger partial charge in [0.1, 0.15) is 23.9 Å². The van der Waals surface area contributed by atoms with Crippen molar-refractivity contribution in [2.24, 2.45) is 5.73 Å². The number of aromatic nitrogens is 2. The van der Waals surface area contributed by atoms with Gasteiger partial charge in [0.2, 0.25) is 0 Å². The number of carbonyl (C=O) groups excluding carboxylic acids is 1. The van der Waals surface area contributed by atoms with Gasteiger partial charge in [0, 0.05) is 18.3 Å². The molecule has 1 fully saturated rings. The molecule has 2 heterocycles. The van der Waals surface area contributed by atoms with Crippen LogP contribution in [0.3, 0.4) is 0 Å². The van der Waals surface area contributed by atoms with E-state index >= 15 is 0 Å². The number of fused-ring (bicyclic) bond motifs is 1. The number of ether oxygens (including phenoxy) is 1. The van der Waals surface area contributed by atoms with Gasteiger partial charge in [-0.3, -0.25) is 9.20 Å². The number of rotatable bonds is 9. The number of carbonyl (C=O) groups is 1. The predicted molar refractivity (Wildman–Crippen MR) is 122 cm³/mol. The van der Waals surface area contributed by atoms with Crippen LogP contribution in [0.5, 0.6) is 5.75 Å². The number of aryl methyl sites for hydroxylation is 1. The van der Waals surface area contributed by atoms with E-state index in [9.17, 15) is 13.6 Å². The SMILES string of the molecule is CCCC(C)(N)CNC(=O)c1c(C)nc2c(OCc3c(F)cccc3F)cc(C3CC3)cn12. The minimum atomic E-state index is -0.666. The van der Waals surface area contributed by atoms with E-state index in [0.29, 0.717) is 35.2 Å². The van der Waals surface area contributed by atoms with Crippen LogP contribution in [0.25, 0.3) is 5.65 Å². The molecule has 3 N–H and O–H groups in total. The van der Waals surface area contributed by atoms with Crippen molar-refractivity contribution in [3.8, 4) is 5.75 Å². The van der Waals surface area contributed by atoms with Gasteiger partial charge in [-0.05, 0) is 62.8 Å². The standard InChI is InChI=1S/C25H30F2N4O2/c1-4-10-25(3,28)14-29-24(32)22-15(2)30-23-21(11-17(12-31(22)23)16-8-9-16)33-13-18-19(26)6-5-7-20(18)27/h5-7,11-12,16H,4,8-10,13-14,28H2,1-3H3,(H,29,32). The summed E-state index contributed by atoms with van der Waals surface area (Å²) in [7, 11) is 0. The summed E-state index contributed by atoms with van der Waals surface area (Å²) in [5.74, 6) is -0.843.